The van der Waals surface area contributed by atoms with Crippen molar-refractivity contribution in [3.63, 3.8) is 0 Å². The van der Waals surface area contributed by atoms with E-state index >= 15 is 0 Å². The van der Waals surface area contributed by atoms with E-state index in [0.717, 1.165) is 31.4 Å². The van der Waals surface area contributed by atoms with E-state index in [4.69, 9.17) is 5.73 Å². The van der Waals surface area contributed by atoms with Gasteiger partial charge in [-0.25, -0.2) is 8.78 Å². The van der Waals surface area contributed by atoms with Gasteiger partial charge in [0.1, 0.15) is 17.3 Å². The number of hydrogen-bond acceptors (Lipinski definition) is 2. The molecule has 0 heterocycles. The van der Waals surface area contributed by atoms with Crippen LogP contribution in [0, 0.1) is 11.6 Å². The second-order valence-corrected chi connectivity index (χ2v) is 3.82. The molecule has 0 bridgehead atoms. The van der Waals surface area contributed by atoms with E-state index in [2.05, 4.69) is 5.32 Å². The molecule has 0 aromatic heterocycles. The summed E-state index contributed by atoms with van der Waals surface area (Å²) in [7, 11) is 0. The molecule has 0 aliphatic carbocycles. The molecule has 1 amide bonds. The smallest absolute Gasteiger partial charge is 0.251 e. The molecule has 1 aromatic carbocycles. The van der Waals surface area contributed by atoms with Crippen LogP contribution in [0.4, 0.5) is 14.5 Å². The number of nitrogens with two attached hydrogens (primary N) is 1. The number of nitrogens with one attached hydrogen (secondary N) is 1. The molecule has 17 heavy (non-hydrogen) atoms. The third-order valence-corrected chi connectivity index (χ3v) is 2.41. The topological polar surface area (TPSA) is 55.1 Å². The number of unbranched alkanes of at least 4 members (excludes halogenated alkanes) is 2. The van der Waals surface area contributed by atoms with Crippen LogP contribution in [-0.4, -0.2) is 12.5 Å². The minimum absolute atomic E-state index is 0.0503. The molecular formula is C12H16F2N2O. The van der Waals surface area contributed by atoms with Crippen molar-refractivity contribution in [1.82, 2.24) is 5.32 Å². The monoisotopic (exact) mass is 242 g/mol. The molecule has 3 nitrogen and oxygen atoms in total. The largest absolute Gasteiger partial charge is 0.394 e. The lowest BCUT2D eigenvalue weighted by molar-refractivity contribution is 0.0952. The fourth-order valence-corrected chi connectivity index (χ4v) is 1.39. The average Bonchev–Trinajstić information content (AvgIpc) is 2.30. The molecular weight excluding hydrogens is 226 g/mol. The molecule has 3 N–H and O–H groups in total. The van der Waals surface area contributed by atoms with Crippen molar-refractivity contribution in [2.24, 2.45) is 0 Å². The summed E-state index contributed by atoms with van der Waals surface area (Å²) in [6.07, 6.45) is 2.90. The van der Waals surface area contributed by atoms with Crippen molar-refractivity contribution in [3.05, 3.63) is 29.3 Å². The minimum Gasteiger partial charge on any atom is -0.394 e. The molecule has 0 radical (unpaired) electrons. The number of halogens is 2. The van der Waals surface area contributed by atoms with Gasteiger partial charge >= 0.3 is 0 Å². The van der Waals surface area contributed by atoms with Gasteiger partial charge in [0, 0.05) is 12.1 Å². The number of nitrogen functional groups attached to an aromatic ring is 1. The van der Waals surface area contributed by atoms with Crippen LogP contribution in [0.2, 0.25) is 0 Å². The summed E-state index contributed by atoms with van der Waals surface area (Å²) in [4.78, 5) is 11.5. The first kappa shape index (κ1) is 13.4. The minimum atomic E-state index is -0.913. The van der Waals surface area contributed by atoms with Gasteiger partial charge in [-0.05, 0) is 18.6 Å². The van der Waals surface area contributed by atoms with Crippen molar-refractivity contribution in [2.75, 3.05) is 12.3 Å². The Hall–Kier alpha value is -1.65. The number of anilines is 1. The Morgan fingerprint density at radius 3 is 2.41 bits per heavy atom. The first-order valence-corrected chi connectivity index (χ1v) is 5.59. The summed E-state index contributed by atoms with van der Waals surface area (Å²) in [5.41, 5.74) is 4.50. The molecule has 94 valence electrons. The van der Waals surface area contributed by atoms with Crippen molar-refractivity contribution < 1.29 is 13.6 Å². The summed E-state index contributed by atoms with van der Waals surface area (Å²) < 4.78 is 26.2. The van der Waals surface area contributed by atoms with Gasteiger partial charge in [-0.3, -0.25) is 4.79 Å². The molecule has 1 aromatic rings. The van der Waals surface area contributed by atoms with E-state index in [1.807, 2.05) is 6.92 Å². The Balaban J connectivity index is 2.63. The quantitative estimate of drug-likeness (QED) is 0.615. The lowest BCUT2D eigenvalue weighted by Gasteiger charge is -2.06. The standard InChI is InChI=1S/C12H16F2N2O/c1-2-3-4-5-16-12(17)8-6-9(13)11(15)10(14)7-8/h6-7H,2-5,15H2,1H3,(H,16,17). The lowest BCUT2D eigenvalue weighted by atomic mass is 10.1. The van der Waals surface area contributed by atoms with Gasteiger partial charge in [-0.15, -0.1) is 0 Å². The Labute approximate surface area is 99.0 Å². The molecule has 5 heteroatoms. The predicted molar refractivity (Wildman–Crippen MR) is 62.6 cm³/mol. The summed E-state index contributed by atoms with van der Waals surface area (Å²) in [5, 5.41) is 2.59. The van der Waals surface area contributed by atoms with E-state index in [1.165, 1.54) is 0 Å². The van der Waals surface area contributed by atoms with Crippen LogP contribution in [0.5, 0.6) is 0 Å². The van der Waals surface area contributed by atoms with Crippen molar-refractivity contribution in [2.45, 2.75) is 26.2 Å². The fraction of sp³-hybridized carbons (Fsp3) is 0.417. The van der Waals surface area contributed by atoms with Gasteiger partial charge in [-0.2, -0.15) is 0 Å². The zero-order chi connectivity index (χ0) is 12.8. The third-order valence-electron chi connectivity index (χ3n) is 2.41. The van der Waals surface area contributed by atoms with Gasteiger partial charge in [0.15, 0.2) is 0 Å². The number of hydrogen-bond donors (Lipinski definition) is 2. The van der Waals surface area contributed by atoms with Crippen LogP contribution in [0.15, 0.2) is 12.1 Å². The molecule has 0 unspecified atom stereocenters. The van der Waals surface area contributed by atoms with E-state index < -0.39 is 23.2 Å². The maximum atomic E-state index is 13.1. The first-order valence-electron chi connectivity index (χ1n) is 5.59. The molecule has 0 spiro atoms. The SMILES string of the molecule is CCCCCNC(=O)c1cc(F)c(N)c(F)c1. The predicted octanol–water partition coefficient (Wildman–Crippen LogP) is 2.47. The summed E-state index contributed by atoms with van der Waals surface area (Å²) >= 11 is 0. The average molecular weight is 242 g/mol. The fourth-order valence-electron chi connectivity index (χ4n) is 1.39. The molecule has 1 rings (SSSR count). The number of amides is 1. The highest BCUT2D eigenvalue weighted by atomic mass is 19.1. The zero-order valence-electron chi connectivity index (χ0n) is 9.72. The summed E-state index contributed by atoms with van der Waals surface area (Å²) in [6.45, 7) is 2.55. The molecule has 0 fully saturated rings. The maximum absolute atomic E-state index is 13.1. The van der Waals surface area contributed by atoms with Gasteiger partial charge < -0.3 is 11.1 Å². The van der Waals surface area contributed by atoms with E-state index in [1.54, 1.807) is 0 Å². The highest BCUT2D eigenvalue weighted by molar-refractivity contribution is 5.94. The van der Waals surface area contributed by atoms with Gasteiger partial charge in [0.25, 0.3) is 5.91 Å². The Kier molecular flexibility index (Phi) is 4.87. The number of carbonyl (C=O) groups excluding carboxylic acids is 1. The first-order chi connectivity index (χ1) is 8.06. The Bertz CT molecular complexity index is 384. The van der Waals surface area contributed by atoms with E-state index in [0.29, 0.717) is 6.54 Å². The van der Waals surface area contributed by atoms with Crippen LogP contribution in [0.25, 0.3) is 0 Å². The van der Waals surface area contributed by atoms with Gasteiger partial charge in [-0.1, -0.05) is 19.8 Å². The summed E-state index contributed by atoms with van der Waals surface area (Å²) in [6, 6.07) is 1.88. The molecule has 0 saturated heterocycles. The Morgan fingerprint density at radius 1 is 1.29 bits per heavy atom. The molecule has 0 atom stereocenters. The third kappa shape index (κ3) is 3.69. The van der Waals surface area contributed by atoms with Crippen molar-refractivity contribution in [1.29, 1.82) is 0 Å². The van der Waals surface area contributed by atoms with Gasteiger partial charge in [0.05, 0.1) is 0 Å². The van der Waals surface area contributed by atoms with E-state index in [-0.39, 0.29) is 5.56 Å². The zero-order valence-corrected chi connectivity index (χ0v) is 9.72. The normalized spacial score (nSPS) is 10.3. The van der Waals surface area contributed by atoms with E-state index in [9.17, 15) is 13.6 Å². The van der Waals surface area contributed by atoms with Crippen LogP contribution in [0.1, 0.15) is 36.5 Å². The second-order valence-electron chi connectivity index (χ2n) is 3.82. The highest BCUT2D eigenvalue weighted by Gasteiger charge is 2.12. The number of benzene rings is 1. The van der Waals surface area contributed by atoms with Crippen LogP contribution >= 0.6 is 0 Å². The summed E-state index contributed by atoms with van der Waals surface area (Å²) in [5.74, 6) is -2.31. The van der Waals surface area contributed by atoms with Gasteiger partial charge in [0.2, 0.25) is 0 Å². The van der Waals surface area contributed by atoms with Crippen LogP contribution < -0.4 is 11.1 Å². The number of carbonyl (C=O) groups is 1. The molecule has 0 aliphatic rings. The maximum Gasteiger partial charge on any atom is 0.251 e. The number of rotatable bonds is 5. The Morgan fingerprint density at radius 2 is 1.88 bits per heavy atom. The molecule has 0 aliphatic heterocycles. The highest BCUT2D eigenvalue weighted by Crippen LogP contribution is 2.17. The van der Waals surface area contributed by atoms with Crippen LogP contribution in [0.3, 0.4) is 0 Å². The van der Waals surface area contributed by atoms with Crippen LogP contribution in [-0.2, 0) is 0 Å². The molecule has 0 saturated carbocycles. The lowest BCUT2D eigenvalue weighted by Crippen LogP contribution is -2.24. The second kappa shape index (κ2) is 6.18. The van der Waals surface area contributed by atoms with Crippen molar-refractivity contribution >= 4 is 11.6 Å². The van der Waals surface area contributed by atoms with Crippen molar-refractivity contribution in [3.8, 4) is 0 Å².